The molecule has 0 unspecified atom stereocenters. The Balaban J connectivity index is 1.64. The van der Waals surface area contributed by atoms with Crippen molar-refractivity contribution in [2.45, 2.75) is 19.4 Å². The summed E-state index contributed by atoms with van der Waals surface area (Å²) >= 11 is 0. The number of nitrogens with zero attached hydrogens (tertiary/aromatic N) is 3. The quantitative estimate of drug-likeness (QED) is 0.858. The summed E-state index contributed by atoms with van der Waals surface area (Å²) in [5, 5.41) is 0. The number of carbonyl (C=O) groups is 1. The molecule has 24 heavy (non-hydrogen) atoms. The number of morpholine rings is 1. The van der Waals surface area contributed by atoms with Gasteiger partial charge in [-0.25, -0.2) is 9.97 Å². The lowest BCUT2D eigenvalue weighted by Crippen LogP contribution is -2.43. The predicted octanol–water partition coefficient (Wildman–Crippen LogP) is 1.94. The zero-order valence-corrected chi connectivity index (χ0v) is 13.9. The van der Waals surface area contributed by atoms with Crippen LogP contribution in [0.3, 0.4) is 0 Å². The minimum absolute atomic E-state index is 0.0965. The predicted molar refractivity (Wildman–Crippen MR) is 88.7 cm³/mol. The summed E-state index contributed by atoms with van der Waals surface area (Å²) in [6, 6.07) is 9.42. The molecule has 0 spiro atoms. The van der Waals surface area contributed by atoms with Gasteiger partial charge in [-0.3, -0.25) is 4.79 Å². The highest BCUT2D eigenvalue weighted by Crippen LogP contribution is 2.21. The van der Waals surface area contributed by atoms with Gasteiger partial charge in [-0.1, -0.05) is 12.1 Å². The number of aryl methyl sites for hydroxylation is 1. The first-order valence-electron chi connectivity index (χ1n) is 7.97. The van der Waals surface area contributed by atoms with Crippen molar-refractivity contribution in [2.24, 2.45) is 0 Å². The Morgan fingerprint density at radius 3 is 2.83 bits per heavy atom. The smallest absolute Gasteiger partial charge is 0.227 e. The standard InChI is InChI=1S/C18H21N3O3/c1-13-19-8-7-16(20-13)17-12-21(9-10-24-17)18(22)11-14-3-5-15(23-2)6-4-14/h3-8,17H,9-12H2,1-2H3/t17-/m1/s1. The average molecular weight is 327 g/mol. The lowest BCUT2D eigenvalue weighted by molar-refractivity contribution is -0.138. The SMILES string of the molecule is COc1ccc(CC(=O)N2CCO[C@@H](c3ccnc(C)n3)C2)cc1. The van der Waals surface area contributed by atoms with Crippen molar-refractivity contribution in [2.75, 3.05) is 26.8 Å². The highest BCUT2D eigenvalue weighted by molar-refractivity contribution is 5.79. The first-order valence-corrected chi connectivity index (χ1v) is 7.97. The molecule has 1 saturated heterocycles. The summed E-state index contributed by atoms with van der Waals surface area (Å²) < 4.78 is 10.9. The molecule has 0 bridgehead atoms. The number of carbonyl (C=O) groups excluding carboxylic acids is 1. The van der Waals surface area contributed by atoms with E-state index in [-0.39, 0.29) is 12.0 Å². The Kier molecular flexibility index (Phi) is 5.05. The van der Waals surface area contributed by atoms with Gasteiger partial charge in [0.1, 0.15) is 17.7 Å². The molecule has 6 heteroatoms. The van der Waals surface area contributed by atoms with Gasteiger partial charge in [0, 0.05) is 12.7 Å². The Hall–Kier alpha value is -2.47. The molecule has 1 aliphatic rings. The van der Waals surface area contributed by atoms with E-state index >= 15 is 0 Å². The monoisotopic (exact) mass is 327 g/mol. The fourth-order valence-corrected chi connectivity index (χ4v) is 2.74. The third-order valence-corrected chi connectivity index (χ3v) is 4.06. The van der Waals surface area contributed by atoms with Gasteiger partial charge >= 0.3 is 0 Å². The van der Waals surface area contributed by atoms with Gasteiger partial charge in [0.25, 0.3) is 0 Å². The summed E-state index contributed by atoms with van der Waals surface area (Å²) in [6.07, 6.45) is 1.90. The number of aromatic nitrogens is 2. The maximum atomic E-state index is 12.6. The maximum Gasteiger partial charge on any atom is 0.227 e. The molecule has 0 saturated carbocycles. The van der Waals surface area contributed by atoms with Crippen molar-refractivity contribution < 1.29 is 14.3 Å². The van der Waals surface area contributed by atoms with E-state index in [0.29, 0.717) is 31.9 Å². The Morgan fingerprint density at radius 2 is 2.12 bits per heavy atom. The Morgan fingerprint density at radius 1 is 1.33 bits per heavy atom. The Labute approximate surface area is 141 Å². The molecule has 3 rings (SSSR count). The second kappa shape index (κ2) is 7.40. The van der Waals surface area contributed by atoms with Crippen LogP contribution in [-0.4, -0.2) is 47.6 Å². The number of methoxy groups -OCH3 is 1. The first-order chi connectivity index (χ1) is 11.7. The average Bonchev–Trinajstić information content (AvgIpc) is 2.62. The van der Waals surface area contributed by atoms with Crippen LogP contribution < -0.4 is 4.74 Å². The molecule has 1 aromatic carbocycles. The van der Waals surface area contributed by atoms with Crippen LogP contribution >= 0.6 is 0 Å². The molecule has 6 nitrogen and oxygen atoms in total. The van der Waals surface area contributed by atoms with E-state index in [1.54, 1.807) is 13.3 Å². The van der Waals surface area contributed by atoms with E-state index in [1.165, 1.54) is 0 Å². The summed E-state index contributed by atoms with van der Waals surface area (Å²) in [4.78, 5) is 22.9. The van der Waals surface area contributed by atoms with E-state index < -0.39 is 0 Å². The van der Waals surface area contributed by atoms with Crippen LogP contribution in [0.5, 0.6) is 5.75 Å². The van der Waals surface area contributed by atoms with Gasteiger partial charge in [0.2, 0.25) is 5.91 Å². The Bertz CT molecular complexity index is 703. The summed E-state index contributed by atoms with van der Waals surface area (Å²) in [7, 11) is 1.63. The lowest BCUT2D eigenvalue weighted by atomic mass is 10.1. The zero-order valence-electron chi connectivity index (χ0n) is 13.9. The number of hydrogen-bond donors (Lipinski definition) is 0. The molecule has 2 heterocycles. The van der Waals surface area contributed by atoms with Crippen LogP contribution in [-0.2, 0) is 16.0 Å². The summed E-state index contributed by atoms with van der Waals surface area (Å²) in [6.45, 7) is 3.49. The summed E-state index contributed by atoms with van der Waals surface area (Å²) in [5.74, 6) is 1.59. The number of benzene rings is 1. The summed E-state index contributed by atoms with van der Waals surface area (Å²) in [5.41, 5.74) is 1.80. The highest BCUT2D eigenvalue weighted by Gasteiger charge is 2.26. The largest absolute Gasteiger partial charge is 0.497 e. The van der Waals surface area contributed by atoms with Crippen molar-refractivity contribution in [3.63, 3.8) is 0 Å². The zero-order chi connectivity index (χ0) is 16.9. The molecular formula is C18H21N3O3. The van der Waals surface area contributed by atoms with Crippen molar-refractivity contribution >= 4 is 5.91 Å². The third kappa shape index (κ3) is 3.89. The molecular weight excluding hydrogens is 306 g/mol. The van der Waals surface area contributed by atoms with Gasteiger partial charge in [0.05, 0.1) is 32.4 Å². The van der Waals surface area contributed by atoms with E-state index in [2.05, 4.69) is 9.97 Å². The molecule has 1 amide bonds. The molecule has 0 N–H and O–H groups in total. The normalized spacial score (nSPS) is 17.6. The van der Waals surface area contributed by atoms with E-state index in [1.807, 2.05) is 42.2 Å². The molecule has 1 fully saturated rings. The van der Waals surface area contributed by atoms with Crippen LogP contribution in [0.2, 0.25) is 0 Å². The number of amides is 1. The minimum Gasteiger partial charge on any atom is -0.497 e. The van der Waals surface area contributed by atoms with Crippen LogP contribution in [0, 0.1) is 6.92 Å². The molecule has 0 aliphatic carbocycles. The van der Waals surface area contributed by atoms with Crippen LogP contribution in [0.25, 0.3) is 0 Å². The molecule has 2 aromatic rings. The van der Waals surface area contributed by atoms with Crippen LogP contribution in [0.15, 0.2) is 36.5 Å². The maximum absolute atomic E-state index is 12.6. The molecule has 1 aromatic heterocycles. The number of hydrogen-bond acceptors (Lipinski definition) is 5. The van der Waals surface area contributed by atoms with Gasteiger partial charge in [-0.05, 0) is 30.7 Å². The van der Waals surface area contributed by atoms with Gasteiger partial charge in [-0.15, -0.1) is 0 Å². The highest BCUT2D eigenvalue weighted by atomic mass is 16.5. The molecule has 1 aliphatic heterocycles. The van der Waals surface area contributed by atoms with E-state index in [0.717, 1.165) is 17.0 Å². The fourth-order valence-electron chi connectivity index (χ4n) is 2.74. The second-order valence-electron chi connectivity index (χ2n) is 5.75. The lowest BCUT2D eigenvalue weighted by Gasteiger charge is -2.32. The van der Waals surface area contributed by atoms with Crippen LogP contribution in [0.1, 0.15) is 23.2 Å². The van der Waals surface area contributed by atoms with Crippen molar-refractivity contribution in [3.8, 4) is 5.75 Å². The number of ether oxygens (including phenoxy) is 2. The first kappa shape index (κ1) is 16.4. The minimum atomic E-state index is -0.194. The molecule has 126 valence electrons. The van der Waals surface area contributed by atoms with Gasteiger partial charge in [-0.2, -0.15) is 0 Å². The second-order valence-corrected chi connectivity index (χ2v) is 5.75. The van der Waals surface area contributed by atoms with Crippen LogP contribution in [0.4, 0.5) is 0 Å². The van der Waals surface area contributed by atoms with Crippen molar-refractivity contribution in [1.82, 2.24) is 14.9 Å². The number of rotatable bonds is 4. The van der Waals surface area contributed by atoms with Gasteiger partial charge in [0.15, 0.2) is 0 Å². The van der Waals surface area contributed by atoms with Crippen molar-refractivity contribution in [1.29, 1.82) is 0 Å². The van der Waals surface area contributed by atoms with E-state index in [4.69, 9.17) is 9.47 Å². The topological polar surface area (TPSA) is 64.5 Å². The molecule has 0 radical (unpaired) electrons. The third-order valence-electron chi connectivity index (χ3n) is 4.06. The van der Waals surface area contributed by atoms with Crippen molar-refractivity contribution in [3.05, 3.63) is 53.6 Å². The fraction of sp³-hybridized carbons (Fsp3) is 0.389. The van der Waals surface area contributed by atoms with E-state index in [9.17, 15) is 4.79 Å². The molecule has 1 atom stereocenters. The van der Waals surface area contributed by atoms with Gasteiger partial charge < -0.3 is 14.4 Å².